The molecule has 2 aromatic rings. The molecule has 0 aromatic heterocycles. The van der Waals surface area contributed by atoms with Gasteiger partial charge in [0.2, 0.25) is 0 Å². The van der Waals surface area contributed by atoms with Crippen LogP contribution in [0.1, 0.15) is 121 Å². The summed E-state index contributed by atoms with van der Waals surface area (Å²) in [6, 6.07) is 20.3. The van der Waals surface area contributed by atoms with Crippen LogP contribution in [-0.4, -0.2) is 48.0 Å². The molecule has 2 rings (SSSR count). The summed E-state index contributed by atoms with van der Waals surface area (Å²) >= 11 is 0. The second-order valence-corrected chi connectivity index (χ2v) is 12.0. The molecule has 0 unspecified atom stereocenters. The fraction of sp³-hybridized carbons (Fsp3) is 0.649. The van der Waals surface area contributed by atoms with Gasteiger partial charge in [0.25, 0.3) is 0 Å². The van der Waals surface area contributed by atoms with Gasteiger partial charge in [0, 0.05) is 12.8 Å². The molecule has 0 aliphatic rings. The van der Waals surface area contributed by atoms with Crippen LogP contribution in [-0.2, 0) is 12.8 Å². The largest absolute Gasteiger partial charge is 0.393 e. The third kappa shape index (κ3) is 18.2. The molecule has 0 radical (unpaired) electrons. The highest BCUT2D eigenvalue weighted by Gasteiger charge is 2.20. The summed E-state index contributed by atoms with van der Waals surface area (Å²) in [5.74, 6) is 0.793. The Bertz CT molecular complexity index is 837. The Kier molecular flexibility index (Phi) is 21.5. The summed E-state index contributed by atoms with van der Waals surface area (Å²) in [6.45, 7) is 3.21. The van der Waals surface area contributed by atoms with Gasteiger partial charge in [0.1, 0.15) is 12.1 Å². The van der Waals surface area contributed by atoms with E-state index >= 15 is 0 Å². The van der Waals surface area contributed by atoms with E-state index in [4.69, 9.17) is 0 Å². The maximum absolute atomic E-state index is 10.1. The summed E-state index contributed by atoms with van der Waals surface area (Å²) in [4.78, 5) is 3.54. The molecule has 5 heteroatoms. The summed E-state index contributed by atoms with van der Waals surface area (Å²) in [7, 11) is 0. The fourth-order valence-corrected chi connectivity index (χ4v) is 5.56. The number of guanidine groups is 1. The minimum atomic E-state index is -0.121. The van der Waals surface area contributed by atoms with Gasteiger partial charge in [-0.25, -0.2) is 0 Å². The Labute approximate surface area is 257 Å². The van der Waals surface area contributed by atoms with E-state index in [1.807, 2.05) is 36.4 Å². The number of unbranched alkanes of at least 4 members (excludes halogenated alkanes) is 15. The quantitative estimate of drug-likeness (QED) is 0.0561. The zero-order valence-corrected chi connectivity index (χ0v) is 26.7. The number of hydrogen-bond donors (Lipinski definition) is 5. The van der Waals surface area contributed by atoms with Gasteiger partial charge in [-0.1, -0.05) is 164 Å². The van der Waals surface area contributed by atoms with Gasteiger partial charge >= 0.3 is 5.96 Å². The molecule has 0 saturated carbocycles. The number of nitrogens with one attached hydrogen (secondary N) is 3. The number of aliphatic hydroxyl groups is 2. The summed E-state index contributed by atoms with van der Waals surface area (Å²) in [5.41, 5.74) is 2.37. The maximum Gasteiger partial charge on any atom is 0.344 e. The summed E-state index contributed by atoms with van der Waals surface area (Å²) in [6.07, 6.45) is 23.3. The first-order valence-electron chi connectivity index (χ1n) is 17.2. The predicted octanol–water partition coefficient (Wildman–Crippen LogP) is 6.07. The Hall–Kier alpha value is -2.37. The second kappa shape index (κ2) is 25.2. The predicted molar refractivity (Wildman–Crippen MR) is 179 cm³/mol. The van der Waals surface area contributed by atoms with E-state index < -0.39 is 0 Å². The van der Waals surface area contributed by atoms with Crippen LogP contribution >= 0.6 is 0 Å². The van der Waals surface area contributed by atoms with Crippen molar-refractivity contribution in [2.24, 2.45) is 0 Å². The van der Waals surface area contributed by atoms with Gasteiger partial charge in [-0.3, -0.25) is 15.6 Å². The molecule has 0 heterocycles. The lowest BCUT2D eigenvalue weighted by atomic mass is 10.0. The zero-order valence-electron chi connectivity index (χ0n) is 26.7. The lowest BCUT2D eigenvalue weighted by molar-refractivity contribution is -0.463. The van der Waals surface area contributed by atoms with Gasteiger partial charge in [0.05, 0.1) is 19.8 Å². The molecule has 236 valence electrons. The Balaban J connectivity index is 1.68. The third-order valence-corrected chi connectivity index (χ3v) is 8.12. The molecule has 0 saturated heterocycles. The molecule has 0 amide bonds. The Morgan fingerprint density at radius 2 is 0.905 bits per heavy atom. The molecule has 0 aliphatic heterocycles. The van der Waals surface area contributed by atoms with E-state index in [9.17, 15) is 10.2 Å². The van der Waals surface area contributed by atoms with E-state index in [0.717, 1.165) is 31.8 Å². The molecule has 2 atom stereocenters. The molecule has 5 N–H and O–H groups in total. The Morgan fingerprint density at radius 1 is 0.548 bits per heavy atom. The van der Waals surface area contributed by atoms with Crippen molar-refractivity contribution >= 4 is 5.96 Å². The smallest absolute Gasteiger partial charge is 0.344 e. The molecular formula is C37H62N3O2+. The standard InChI is InChI=1S/C37H61N3O2/c1-2-3-4-5-6-7-8-9-10-11-12-13-14-15-16-23-28-38-37(39-35(31-41)29-33-24-19-17-20-25-33)40-36(32-42)30-34-26-21-18-22-27-34/h17-22,24-27,35-36,41-42H,2-16,23,28-32H2,1H3,(H2,38,39,40)/p+1/t35-,36-/m0/s1. The average molecular weight is 581 g/mol. The van der Waals surface area contributed by atoms with E-state index in [2.05, 4.69) is 46.8 Å². The molecule has 5 nitrogen and oxygen atoms in total. The van der Waals surface area contributed by atoms with Gasteiger partial charge in [-0.15, -0.1) is 0 Å². The van der Waals surface area contributed by atoms with Gasteiger partial charge in [-0.2, -0.15) is 0 Å². The first-order valence-corrected chi connectivity index (χ1v) is 17.2. The number of rotatable bonds is 25. The molecule has 2 aromatic carbocycles. The first kappa shape index (κ1) is 35.8. The van der Waals surface area contributed by atoms with Crippen molar-refractivity contribution in [3.63, 3.8) is 0 Å². The normalized spacial score (nSPS) is 12.5. The highest BCUT2D eigenvalue weighted by atomic mass is 16.3. The summed E-state index contributed by atoms with van der Waals surface area (Å²) in [5, 5.41) is 27.2. The first-order chi connectivity index (χ1) is 20.7. The SMILES string of the molecule is CCCCCCCCCCCCCCCCCC[NH+]=C(N[C@H](CO)Cc1ccccc1)N[C@H](CO)Cc1ccccc1. The van der Waals surface area contributed by atoms with Crippen molar-refractivity contribution in [2.45, 2.75) is 135 Å². The van der Waals surface area contributed by atoms with E-state index in [0.29, 0.717) is 0 Å². The van der Waals surface area contributed by atoms with E-state index in [1.54, 1.807) is 0 Å². The van der Waals surface area contributed by atoms with Crippen LogP contribution in [0.15, 0.2) is 60.7 Å². The lowest BCUT2D eigenvalue weighted by Crippen LogP contribution is -2.81. The van der Waals surface area contributed by atoms with Crippen LogP contribution < -0.4 is 15.6 Å². The van der Waals surface area contributed by atoms with Gasteiger partial charge < -0.3 is 10.2 Å². The molecular weight excluding hydrogens is 518 g/mol. The molecule has 0 bridgehead atoms. The van der Waals surface area contributed by atoms with Crippen LogP contribution in [0, 0.1) is 0 Å². The average Bonchev–Trinajstić information content (AvgIpc) is 3.02. The maximum atomic E-state index is 10.1. The summed E-state index contributed by atoms with van der Waals surface area (Å²) < 4.78 is 0. The van der Waals surface area contributed by atoms with Crippen LogP contribution in [0.25, 0.3) is 0 Å². The molecule has 0 fully saturated rings. The molecule has 0 aliphatic carbocycles. The molecule has 42 heavy (non-hydrogen) atoms. The Morgan fingerprint density at radius 3 is 1.26 bits per heavy atom. The minimum Gasteiger partial charge on any atom is -0.393 e. The van der Waals surface area contributed by atoms with Gasteiger partial charge in [0.15, 0.2) is 0 Å². The second-order valence-electron chi connectivity index (χ2n) is 12.0. The minimum absolute atomic E-state index is 0.0310. The van der Waals surface area contributed by atoms with Crippen molar-refractivity contribution in [3.05, 3.63) is 71.8 Å². The van der Waals surface area contributed by atoms with Crippen LogP contribution in [0.3, 0.4) is 0 Å². The van der Waals surface area contributed by atoms with E-state index in [-0.39, 0.29) is 25.3 Å². The van der Waals surface area contributed by atoms with E-state index in [1.165, 1.54) is 107 Å². The zero-order chi connectivity index (χ0) is 29.9. The van der Waals surface area contributed by atoms with Crippen molar-refractivity contribution in [1.29, 1.82) is 0 Å². The fourth-order valence-electron chi connectivity index (χ4n) is 5.56. The number of hydrogen-bond acceptors (Lipinski definition) is 2. The highest BCUT2D eigenvalue weighted by molar-refractivity contribution is 5.74. The topological polar surface area (TPSA) is 78.5 Å². The van der Waals surface area contributed by atoms with Crippen LogP contribution in [0.4, 0.5) is 0 Å². The van der Waals surface area contributed by atoms with Crippen molar-refractivity contribution < 1.29 is 15.2 Å². The number of aliphatic hydroxyl groups excluding tert-OH is 2. The number of benzene rings is 2. The van der Waals surface area contributed by atoms with Crippen LogP contribution in [0.5, 0.6) is 0 Å². The van der Waals surface area contributed by atoms with Crippen LogP contribution in [0.2, 0.25) is 0 Å². The third-order valence-electron chi connectivity index (χ3n) is 8.12. The highest BCUT2D eigenvalue weighted by Crippen LogP contribution is 2.13. The lowest BCUT2D eigenvalue weighted by Gasteiger charge is -2.19. The van der Waals surface area contributed by atoms with Crippen molar-refractivity contribution in [1.82, 2.24) is 10.6 Å². The van der Waals surface area contributed by atoms with Crippen molar-refractivity contribution in [3.8, 4) is 0 Å². The van der Waals surface area contributed by atoms with Crippen molar-refractivity contribution in [2.75, 3.05) is 19.8 Å². The monoisotopic (exact) mass is 580 g/mol. The van der Waals surface area contributed by atoms with Gasteiger partial charge in [-0.05, 0) is 17.5 Å². The molecule has 0 spiro atoms.